The normalized spacial score (nSPS) is 10.4. The Labute approximate surface area is 117 Å². The van der Waals surface area contributed by atoms with Crippen LogP contribution in [0.15, 0.2) is 18.6 Å². The van der Waals surface area contributed by atoms with E-state index in [0.29, 0.717) is 6.54 Å². The van der Waals surface area contributed by atoms with Gasteiger partial charge in [0.25, 0.3) is 0 Å². The van der Waals surface area contributed by atoms with E-state index in [2.05, 4.69) is 39.4 Å². The number of anilines is 2. The lowest BCUT2D eigenvalue weighted by atomic mass is 10.4. The molecule has 2 aromatic heterocycles. The molecule has 0 bridgehead atoms. The summed E-state index contributed by atoms with van der Waals surface area (Å²) in [6.45, 7) is 5.86. The molecule has 5 nitrogen and oxygen atoms in total. The second-order valence-corrected chi connectivity index (χ2v) is 5.34. The van der Waals surface area contributed by atoms with Gasteiger partial charge in [0.2, 0.25) is 0 Å². The molecule has 0 amide bonds. The average Bonchev–Trinajstić information content (AvgIpc) is 2.91. The van der Waals surface area contributed by atoms with E-state index in [1.165, 1.54) is 4.88 Å². The molecule has 0 saturated heterocycles. The number of aryl methyl sites for hydroxylation is 1. The van der Waals surface area contributed by atoms with Gasteiger partial charge in [-0.05, 0) is 12.8 Å². The molecule has 0 radical (unpaired) electrons. The van der Waals surface area contributed by atoms with Crippen molar-refractivity contribution in [2.75, 3.05) is 17.2 Å². The van der Waals surface area contributed by atoms with E-state index in [4.69, 9.17) is 0 Å². The van der Waals surface area contributed by atoms with Crippen LogP contribution >= 0.6 is 11.3 Å². The first-order chi connectivity index (χ1) is 9.31. The third-order valence-electron chi connectivity index (χ3n) is 2.56. The molecule has 0 aromatic carbocycles. The van der Waals surface area contributed by atoms with E-state index in [1.54, 1.807) is 23.7 Å². The average molecular weight is 277 g/mol. The van der Waals surface area contributed by atoms with E-state index in [1.807, 2.05) is 6.20 Å². The fourth-order valence-electron chi connectivity index (χ4n) is 1.55. The Hall–Kier alpha value is -1.69. The molecule has 0 aliphatic heterocycles. The summed E-state index contributed by atoms with van der Waals surface area (Å²) in [6.07, 6.45) is 7.50. The summed E-state index contributed by atoms with van der Waals surface area (Å²) in [5.41, 5.74) is 0. The first-order valence-electron chi connectivity index (χ1n) is 6.55. The van der Waals surface area contributed by atoms with Gasteiger partial charge in [-0.25, -0.2) is 9.97 Å². The second-order valence-electron chi connectivity index (χ2n) is 4.14. The van der Waals surface area contributed by atoms with E-state index in [-0.39, 0.29) is 0 Å². The first-order valence-corrected chi connectivity index (χ1v) is 7.36. The quantitative estimate of drug-likeness (QED) is 0.814. The second kappa shape index (κ2) is 7.04. The zero-order valence-corrected chi connectivity index (χ0v) is 12.1. The standard InChI is InChI=1S/C13H19N5S/c1-3-5-15-11-7-14-8-12(18-11)16-9-13-17-6-10(4-2)19-13/h6-8H,3-5,9H2,1-2H3,(H2,15,16,18). The predicted molar refractivity (Wildman–Crippen MR) is 79.6 cm³/mol. The summed E-state index contributed by atoms with van der Waals surface area (Å²) in [6, 6.07) is 0. The summed E-state index contributed by atoms with van der Waals surface area (Å²) in [7, 11) is 0. The van der Waals surface area contributed by atoms with Crippen molar-refractivity contribution in [1.82, 2.24) is 15.0 Å². The molecule has 2 rings (SSSR count). The van der Waals surface area contributed by atoms with Crippen LogP contribution < -0.4 is 10.6 Å². The largest absolute Gasteiger partial charge is 0.369 e. The van der Waals surface area contributed by atoms with Gasteiger partial charge in [-0.3, -0.25) is 4.98 Å². The fraction of sp³-hybridized carbons (Fsp3) is 0.462. The summed E-state index contributed by atoms with van der Waals surface area (Å²) in [5.74, 6) is 1.58. The van der Waals surface area contributed by atoms with Gasteiger partial charge in [-0.15, -0.1) is 11.3 Å². The SMILES string of the molecule is CCCNc1cncc(NCc2ncc(CC)s2)n1. The number of nitrogens with zero attached hydrogens (tertiary/aromatic N) is 3. The van der Waals surface area contributed by atoms with Gasteiger partial charge in [-0.1, -0.05) is 13.8 Å². The molecule has 6 heteroatoms. The van der Waals surface area contributed by atoms with Gasteiger partial charge < -0.3 is 10.6 Å². The van der Waals surface area contributed by atoms with Crippen molar-refractivity contribution in [3.05, 3.63) is 28.5 Å². The number of aromatic nitrogens is 3. The van der Waals surface area contributed by atoms with Crippen LogP contribution in [0.4, 0.5) is 11.6 Å². The summed E-state index contributed by atoms with van der Waals surface area (Å²) in [4.78, 5) is 14.3. The van der Waals surface area contributed by atoms with Crippen LogP contribution in [-0.2, 0) is 13.0 Å². The molecule has 0 atom stereocenters. The molecule has 0 spiro atoms. The molecular formula is C13H19N5S. The van der Waals surface area contributed by atoms with Gasteiger partial charge in [0.15, 0.2) is 0 Å². The van der Waals surface area contributed by atoms with E-state index in [0.717, 1.165) is 36.0 Å². The topological polar surface area (TPSA) is 62.7 Å². The highest BCUT2D eigenvalue weighted by molar-refractivity contribution is 7.11. The predicted octanol–water partition coefficient (Wildman–Crippen LogP) is 2.93. The summed E-state index contributed by atoms with van der Waals surface area (Å²) < 4.78 is 0. The highest BCUT2D eigenvalue weighted by atomic mass is 32.1. The van der Waals surface area contributed by atoms with Crippen LogP contribution in [-0.4, -0.2) is 21.5 Å². The van der Waals surface area contributed by atoms with Gasteiger partial charge in [-0.2, -0.15) is 0 Å². The van der Waals surface area contributed by atoms with Crippen molar-refractivity contribution in [2.45, 2.75) is 33.2 Å². The Bertz CT molecular complexity index is 511. The van der Waals surface area contributed by atoms with Crippen LogP contribution in [0.1, 0.15) is 30.2 Å². The Balaban J connectivity index is 1.91. The number of hydrogen-bond acceptors (Lipinski definition) is 6. The van der Waals surface area contributed by atoms with Gasteiger partial charge in [0, 0.05) is 17.6 Å². The maximum Gasteiger partial charge on any atom is 0.147 e. The lowest BCUT2D eigenvalue weighted by Crippen LogP contribution is -2.06. The minimum atomic E-state index is 0.691. The van der Waals surface area contributed by atoms with Crippen molar-refractivity contribution in [3.8, 4) is 0 Å². The van der Waals surface area contributed by atoms with Crippen molar-refractivity contribution in [1.29, 1.82) is 0 Å². The van der Waals surface area contributed by atoms with Gasteiger partial charge >= 0.3 is 0 Å². The van der Waals surface area contributed by atoms with Crippen LogP contribution in [0.2, 0.25) is 0 Å². The zero-order valence-electron chi connectivity index (χ0n) is 11.3. The van der Waals surface area contributed by atoms with Crippen LogP contribution in [0, 0.1) is 0 Å². The molecule has 0 fully saturated rings. The lowest BCUT2D eigenvalue weighted by molar-refractivity contribution is 0.962. The monoisotopic (exact) mass is 277 g/mol. The molecule has 2 N–H and O–H groups in total. The number of rotatable bonds is 7. The number of hydrogen-bond donors (Lipinski definition) is 2. The smallest absolute Gasteiger partial charge is 0.147 e. The Kier molecular flexibility index (Phi) is 5.09. The highest BCUT2D eigenvalue weighted by Crippen LogP contribution is 2.15. The fourth-order valence-corrected chi connectivity index (χ4v) is 2.35. The molecule has 0 unspecified atom stereocenters. The molecular weight excluding hydrogens is 258 g/mol. The van der Waals surface area contributed by atoms with Crippen molar-refractivity contribution >= 4 is 23.0 Å². The molecule has 2 heterocycles. The minimum Gasteiger partial charge on any atom is -0.369 e. The maximum absolute atomic E-state index is 4.44. The molecule has 0 aliphatic rings. The number of nitrogens with one attached hydrogen (secondary N) is 2. The van der Waals surface area contributed by atoms with Crippen LogP contribution in [0.3, 0.4) is 0 Å². The summed E-state index contributed by atoms with van der Waals surface area (Å²) in [5, 5.41) is 7.54. The lowest BCUT2D eigenvalue weighted by Gasteiger charge is -2.06. The first kappa shape index (κ1) is 13.7. The molecule has 102 valence electrons. The van der Waals surface area contributed by atoms with Crippen LogP contribution in [0.5, 0.6) is 0 Å². The van der Waals surface area contributed by atoms with Crippen molar-refractivity contribution in [3.63, 3.8) is 0 Å². The van der Waals surface area contributed by atoms with Gasteiger partial charge in [0.1, 0.15) is 16.6 Å². The van der Waals surface area contributed by atoms with E-state index < -0.39 is 0 Å². The minimum absolute atomic E-state index is 0.691. The highest BCUT2D eigenvalue weighted by Gasteiger charge is 2.02. The molecule has 19 heavy (non-hydrogen) atoms. The molecule has 0 aliphatic carbocycles. The Morgan fingerprint density at radius 1 is 1.11 bits per heavy atom. The van der Waals surface area contributed by atoms with Crippen LogP contribution in [0.25, 0.3) is 0 Å². The molecule has 2 aromatic rings. The van der Waals surface area contributed by atoms with Crippen molar-refractivity contribution < 1.29 is 0 Å². The zero-order chi connectivity index (χ0) is 13.5. The third-order valence-corrected chi connectivity index (χ3v) is 3.70. The van der Waals surface area contributed by atoms with Gasteiger partial charge in [0.05, 0.1) is 18.9 Å². The third kappa shape index (κ3) is 4.17. The molecule has 0 saturated carbocycles. The Morgan fingerprint density at radius 3 is 2.58 bits per heavy atom. The summed E-state index contributed by atoms with van der Waals surface area (Å²) >= 11 is 1.73. The van der Waals surface area contributed by atoms with E-state index >= 15 is 0 Å². The maximum atomic E-state index is 4.44. The van der Waals surface area contributed by atoms with Crippen molar-refractivity contribution in [2.24, 2.45) is 0 Å². The number of thiazole rings is 1. The Morgan fingerprint density at radius 2 is 1.89 bits per heavy atom. The van der Waals surface area contributed by atoms with E-state index in [9.17, 15) is 0 Å².